The fraction of sp³-hybridized carbons (Fsp3) is 0.333. The van der Waals surface area contributed by atoms with E-state index < -0.39 is 28.7 Å². The second-order valence-electron chi connectivity index (χ2n) is 5.60. The summed E-state index contributed by atoms with van der Waals surface area (Å²) in [6, 6.07) is 2.87. The van der Waals surface area contributed by atoms with Crippen LogP contribution in [0.5, 0.6) is 0 Å². The lowest BCUT2D eigenvalue weighted by Gasteiger charge is -2.48. The first kappa shape index (κ1) is 18.3. The summed E-state index contributed by atoms with van der Waals surface area (Å²) >= 11 is 2.44. The Balaban J connectivity index is 1.67. The van der Waals surface area contributed by atoms with Gasteiger partial charge in [0, 0.05) is 16.7 Å². The number of ether oxygens (including phenoxy) is 1. The second-order valence-corrected chi connectivity index (χ2v) is 7.86. The number of nitrogens with one attached hydrogen (secondary N) is 1. The minimum Gasteiger partial charge on any atom is -0.480 e. The number of fused-ring (bicyclic) bond motifs is 1. The average molecular weight is 397 g/mol. The maximum atomic E-state index is 12.3. The maximum Gasteiger partial charge on any atom is 0.404 e. The van der Waals surface area contributed by atoms with Gasteiger partial charge < -0.3 is 25.8 Å². The summed E-state index contributed by atoms with van der Waals surface area (Å²) in [5, 5.41) is 12.4. The normalized spacial score (nSPS) is 24.2. The summed E-state index contributed by atoms with van der Waals surface area (Å²) in [6.07, 6.45) is 0.484. The molecule has 3 heterocycles. The van der Waals surface area contributed by atoms with Gasteiger partial charge in [0.05, 0.1) is 6.42 Å². The number of hydrogen-bond acceptors (Lipinski definition) is 7. The largest absolute Gasteiger partial charge is 0.480 e. The zero-order valence-corrected chi connectivity index (χ0v) is 14.9. The molecule has 1 fully saturated rings. The summed E-state index contributed by atoms with van der Waals surface area (Å²) in [5.41, 5.74) is 5.14. The lowest BCUT2D eigenvalue weighted by molar-refractivity contribution is -0.145. The molecule has 138 valence electrons. The molecule has 9 nitrogen and oxygen atoms in total. The van der Waals surface area contributed by atoms with Crippen LogP contribution in [0.25, 0.3) is 0 Å². The Morgan fingerprint density at radius 3 is 2.77 bits per heavy atom. The van der Waals surface area contributed by atoms with Crippen LogP contribution in [0, 0.1) is 0 Å². The number of carboxylic acid groups (broad SMARTS) is 1. The predicted molar refractivity (Wildman–Crippen MR) is 93.2 cm³/mol. The van der Waals surface area contributed by atoms with E-state index in [2.05, 4.69) is 10.1 Å². The molecule has 1 aromatic rings. The molecule has 1 aromatic heterocycles. The molecule has 0 bridgehead atoms. The number of aliphatic carboxylic acids is 1. The van der Waals surface area contributed by atoms with Gasteiger partial charge in [-0.2, -0.15) is 0 Å². The third-order valence-electron chi connectivity index (χ3n) is 3.83. The van der Waals surface area contributed by atoms with Gasteiger partial charge in [-0.25, -0.2) is 4.79 Å². The smallest absolute Gasteiger partial charge is 0.404 e. The molecule has 3 rings (SSSR count). The highest BCUT2D eigenvalue weighted by atomic mass is 32.2. The molecule has 0 aromatic carbocycles. The first-order valence-electron chi connectivity index (χ1n) is 7.52. The van der Waals surface area contributed by atoms with Gasteiger partial charge in [0.25, 0.3) is 5.91 Å². The topological polar surface area (TPSA) is 139 Å². The van der Waals surface area contributed by atoms with Crippen LogP contribution in [0.4, 0.5) is 4.79 Å². The monoisotopic (exact) mass is 397 g/mol. The quantitative estimate of drug-likeness (QED) is 0.580. The van der Waals surface area contributed by atoms with Gasteiger partial charge >= 0.3 is 12.1 Å². The molecule has 2 unspecified atom stereocenters. The molecule has 0 aliphatic carbocycles. The van der Waals surface area contributed by atoms with Crippen molar-refractivity contribution in [3.63, 3.8) is 0 Å². The summed E-state index contributed by atoms with van der Waals surface area (Å²) in [5.74, 6) is -1.77. The standard InChI is InChI=1S/C15H15N3O6S2/c16-15(23)24-6-7-5-18-12(20)10(13(18)26-11(7)14(21)22)17-9(19)4-8-2-1-3-25-8/h1-3,5,10-11,13H,4,6H2,(H2,16,23)(H,17,19)(H,21,22)/t10?,11?,13-/m1/s1. The van der Waals surface area contributed by atoms with Crippen molar-refractivity contribution >= 4 is 47.0 Å². The Bertz CT molecular complexity index is 778. The van der Waals surface area contributed by atoms with Crippen molar-refractivity contribution in [3.05, 3.63) is 34.2 Å². The third kappa shape index (κ3) is 3.68. The number of thiophene rings is 1. The molecule has 0 saturated carbocycles. The Hall–Kier alpha value is -2.53. The summed E-state index contributed by atoms with van der Waals surface area (Å²) in [7, 11) is 0. The van der Waals surface area contributed by atoms with Gasteiger partial charge in [-0.15, -0.1) is 23.1 Å². The van der Waals surface area contributed by atoms with Crippen molar-refractivity contribution in [3.8, 4) is 0 Å². The van der Waals surface area contributed by atoms with Crippen molar-refractivity contribution in [1.82, 2.24) is 10.2 Å². The van der Waals surface area contributed by atoms with Gasteiger partial charge in [-0.05, 0) is 11.4 Å². The van der Waals surface area contributed by atoms with Crippen LogP contribution in [0.3, 0.4) is 0 Å². The first-order valence-corrected chi connectivity index (χ1v) is 9.34. The molecule has 2 aliphatic rings. The molecule has 3 amide bonds. The number of primary amides is 1. The van der Waals surface area contributed by atoms with Crippen molar-refractivity contribution in [2.45, 2.75) is 23.1 Å². The van der Waals surface area contributed by atoms with E-state index in [9.17, 15) is 24.3 Å². The summed E-state index contributed by atoms with van der Waals surface area (Å²) in [6.45, 7) is -0.314. The Kier molecular flexibility index (Phi) is 5.18. The first-order chi connectivity index (χ1) is 12.4. The number of carbonyl (C=O) groups excluding carboxylic acids is 3. The molecular weight excluding hydrogens is 382 g/mol. The Morgan fingerprint density at radius 2 is 2.15 bits per heavy atom. The molecule has 0 radical (unpaired) electrons. The zero-order valence-electron chi connectivity index (χ0n) is 13.3. The van der Waals surface area contributed by atoms with E-state index in [1.807, 2.05) is 17.5 Å². The summed E-state index contributed by atoms with van der Waals surface area (Å²) in [4.78, 5) is 48.8. The van der Waals surface area contributed by atoms with Crippen LogP contribution in [0.1, 0.15) is 4.88 Å². The van der Waals surface area contributed by atoms with Crippen LogP contribution in [-0.4, -0.2) is 57.2 Å². The highest BCUT2D eigenvalue weighted by Gasteiger charge is 2.52. The highest BCUT2D eigenvalue weighted by Crippen LogP contribution is 2.40. The molecule has 4 N–H and O–H groups in total. The number of thioether (sulfide) groups is 1. The fourth-order valence-electron chi connectivity index (χ4n) is 2.65. The highest BCUT2D eigenvalue weighted by molar-refractivity contribution is 8.01. The minimum atomic E-state index is -1.13. The van der Waals surface area contributed by atoms with Crippen LogP contribution in [0.2, 0.25) is 0 Å². The van der Waals surface area contributed by atoms with Gasteiger partial charge in [-0.3, -0.25) is 14.4 Å². The maximum absolute atomic E-state index is 12.3. The Labute approximate surface area is 156 Å². The number of rotatable bonds is 6. The SMILES string of the molecule is NC(=O)OCC1=CN2C(=O)C(NC(=O)Cc3cccs3)[C@H]2SC1C(=O)O. The molecule has 1 saturated heterocycles. The van der Waals surface area contributed by atoms with Crippen molar-refractivity contribution in [1.29, 1.82) is 0 Å². The van der Waals surface area contributed by atoms with E-state index in [0.29, 0.717) is 0 Å². The molecule has 3 atom stereocenters. The zero-order chi connectivity index (χ0) is 18.8. The third-order valence-corrected chi connectivity index (χ3v) is 6.26. The van der Waals surface area contributed by atoms with Gasteiger partial charge in [0.15, 0.2) is 0 Å². The second kappa shape index (κ2) is 7.38. The average Bonchev–Trinajstić information content (AvgIpc) is 3.09. The van der Waals surface area contributed by atoms with Crippen molar-refractivity contribution < 1.29 is 29.0 Å². The van der Waals surface area contributed by atoms with Crippen LogP contribution >= 0.6 is 23.1 Å². The molecule has 2 aliphatic heterocycles. The van der Waals surface area contributed by atoms with E-state index in [4.69, 9.17) is 5.73 Å². The lowest BCUT2D eigenvalue weighted by Crippen LogP contribution is -2.69. The van der Waals surface area contributed by atoms with E-state index in [1.165, 1.54) is 22.4 Å². The van der Waals surface area contributed by atoms with E-state index in [-0.39, 0.29) is 30.4 Å². The van der Waals surface area contributed by atoms with Crippen LogP contribution in [0.15, 0.2) is 29.3 Å². The number of nitrogens with zero attached hydrogens (tertiary/aromatic N) is 1. The lowest BCUT2D eigenvalue weighted by atomic mass is 10.1. The van der Waals surface area contributed by atoms with Gasteiger partial charge in [0.1, 0.15) is 23.3 Å². The Morgan fingerprint density at radius 1 is 1.38 bits per heavy atom. The van der Waals surface area contributed by atoms with Crippen molar-refractivity contribution in [2.24, 2.45) is 5.73 Å². The molecular formula is C15H15N3O6S2. The molecule has 11 heteroatoms. The number of β-lactam (4-membered cyclic amide) rings is 1. The van der Waals surface area contributed by atoms with E-state index >= 15 is 0 Å². The molecule has 0 spiro atoms. The number of carboxylic acids is 1. The number of hydrogen-bond donors (Lipinski definition) is 3. The van der Waals surface area contributed by atoms with Crippen LogP contribution in [-0.2, 0) is 25.5 Å². The molecule has 26 heavy (non-hydrogen) atoms. The van der Waals surface area contributed by atoms with E-state index in [0.717, 1.165) is 16.6 Å². The fourth-order valence-corrected chi connectivity index (χ4v) is 4.69. The van der Waals surface area contributed by atoms with Crippen LogP contribution < -0.4 is 11.1 Å². The van der Waals surface area contributed by atoms with E-state index in [1.54, 1.807) is 0 Å². The number of nitrogens with two attached hydrogens (primary N) is 1. The minimum absolute atomic E-state index is 0.161. The van der Waals surface area contributed by atoms with Gasteiger partial charge in [0.2, 0.25) is 5.91 Å². The number of carbonyl (C=O) groups is 4. The van der Waals surface area contributed by atoms with Crippen molar-refractivity contribution in [2.75, 3.05) is 6.61 Å². The summed E-state index contributed by atoms with van der Waals surface area (Å²) < 4.78 is 4.64. The van der Waals surface area contributed by atoms with Gasteiger partial charge in [-0.1, -0.05) is 6.07 Å². The predicted octanol–water partition coefficient (Wildman–Crippen LogP) is 0.123. The number of amides is 3.